The predicted octanol–water partition coefficient (Wildman–Crippen LogP) is 16.8. The molecule has 0 spiro atoms. The molecular weight excluding hydrogens is 860 g/mol. The van der Waals surface area contributed by atoms with Crippen molar-refractivity contribution >= 4 is 68.4 Å². The Hall–Kier alpha value is -5.48. The molecule has 0 saturated carbocycles. The molecule has 71 heavy (non-hydrogen) atoms. The van der Waals surface area contributed by atoms with Crippen LogP contribution in [0.25, 0.3) is 22.1 Å². The number of fused-ring (bicyclic) bond motifs is 9. The van der Waals surface area contributed by atoms with Crippen LogP contribution < -0.4 is 26.4 Å². The number of hydrogen-bond acceptors (Lipinski definition) is 3. The van der Waals surface area contributed by atoms with E-state index < -0.39 is 0 Å². The molecule has 0 N–H and O–H groups in total. The quantitative estimate of drug-likeness (QED) is 0.165. The summed E-state index contributed by atoms with van der Waals surface area (Å²) in [5, 5.41) is 1.19. The summed E-state index contributed by atoms with van der Waals surface area (Å²) in [6.07, 6.45) is 6.97. The zero-order valence-electron chi connectivity index (χ0n) is 45.9. The van der Waals surface area contributed by atoms with Gasteiger partial charge in [0.2, 0.25) is 0 Å². The summed E-state index contributed by atoms with van der Waals surface area (Å²) in [5.41, 5.74) is 26.3. The molecule has 1 aromatic heterocycles. The van der Waals surface area contributed by atoms with Crippen LogP contribution in [0.4, 0.5) is 34.1 Å². The van der Waals surface area contributed by atoms with Crippen molar-refractivity contribution in [3.63, 3.8) is 0 Å². The molecule has 0 amide bonds. The summed E-state index contributed by atoms with van der Waals surface area (Å²) in [4.78, 5) is 5.37. The van der Waals surface area contributed by atoms with E-state index >= 15 is 0 Å². The maximum absolute atomic E-state index is 7.57. The van der Waals surface area contributed by atoms with Gasteiger partial charge in [0, 0.05) is 33.7 Å². The lowest BCUT2D eigenvalue weighted by atomic mass is 9.35. The smallest absolute Gasteiger partial charge is 0.297 e. The van der Waals surface area contributed by atoms with E-state index in [4.69, 9.17) is 4.42 Å². The Morgan fingerprint density at radius 2 is 0.986 bits per heavy atom. The van der Waals surface area contributed by atoms with Crippen molar-refractivity contribution in [1.82, 2.24) is 0 Å². The lowest BCUT2D eigenvalue weighted by molar-refractivity contribution is 0.332. The number of hydrogen-bond donors (Lipinski definition) is 0. The average Bonchev–Trinajstić information content (AvgIpc) is 3.69. The minimum absolute atomic E-state index is 0.0136. The summed E-state index contributed by atoms with van der Waals surface area (Å²) in [6, 6.07) is 41.3. The number of furan rings is 1. The van der Waals surface area contributed by atoms with E-state index in [0.717, 1.165) is 36.9 Å². The van der Waals surface area contributed by atoms with Gasteiger partial charge < -0.3 is 14.2 Å². The first kappa shape index (κ1) is 46.6. The Morgan fingerprint density at radius 3 is 1.56 bits per heavy atom. The molecule has 12 rings (SSSR count). The molecule has 0 fully saturated rings. The van der Waals surface area contributed by atoms with Crippen molar-refractivity contribution in [2.75, 3.05) is 9.80 Å². The molecule has 3 nitrogen and oxygen atoms in total. The van der Waals surface area contributed by atoms with Gasteiger partial charge in [-0.1, -0.05) is 152 Å². The monoisotopic (exact) mass is 937 g/mol. The molecule has 3 heterocycles. The normalized spacial score (nSPS) is 20.4. The van der Waals surface area contributed by atoms with Crippen LogP contribution >= 0.6 is 0 Å². The van der Waals surface area contributed by atoms with Crippen molar-refractivity contribution in [3.05, 3.63) is 148 Å². The topological polar surface area (TPSA) is 19.6 Å². The van der Waals surface area contributed by atoms with Crippen molar-refractivity contribution in [2.24, 2.45) is 0 Å². The predicted molar refractivity (Wildman–Crippen MR) is 305 cm³/mol. The van der Waals surface area contributed by atoms with Crippen molar-refractivity contribution in [1.29, 1.82) is 0 Å². The highest BCUT2D eigenvalue weighted by Gasteiger charge is 2.50. The second-order valence-corrected chi connectivity index (χ2v) is 27.9. The fourth-order valence-electron chi connectivity index (χ4n) is 14.0. The maximum atomic E-state index is 7.57. The summed E-state index contributed by atoms with van der Waals surface area (Å²) in [7, 11) is 0. The molecule has 0 atom stereocenters. The second-order valence-electron chi connectivity index (χ2n) is 27.9. The maximum Gasteiger partial charge on any atom is 0.297 e. The largest absolute Gasteiger partial charge is 0.468 e. The average molecular weight is 937 g/mol. The zero-order chi connectivity index (χ0) is 50.3. The summed E-state index contributed by atoms with van der Waals surface area (Å²) in [5.74, 6) is 0. The Kier molecular flexibility index (Phi) is 9.73. The van der Waals surface area contributed by atoms with Crippen LogP contribution in [0.5, 0.6) is 0 Å². The van der Waals surface area contributed by atoms with Crippen molar-refractivity contribution in [3.8, 4) is 11.1 Å². The molecule has 0 unspecified atom stereocenters. The molecule has 4 heteroatoms. The fraction of sp³-hybridized carbons (Fsp3) is 0.433. The number of aryl methyl sites for hydroxylation is 1. The van der Waals surface area contributed by atoms with E-state index in [9.17, 15) is 0 Å². The standard InChI is InChI=1S/C67H77BN2O/c1-40-32-55-58-56(33-40)70(53-38-50-48(64(9,10)28-30-66(50,13)14)36-44(53)41-20-18-17-19-21-41)54-39-51-49(65(11,12)29-31-67(51,15)16)37-52(54)68(58)60-59(45-34-42(61(2,3)4)22-25-57(45)71-60)69(55)43-23-24-46-47(35-43)63(7,8)27-26-62(46,5)6/h17-25,32-39H,26-31H2,1-16H3. The van der Waals surface area contributed by atoms with Gasteiger partial charge in [0.05, 0.1) is 17.0 Å². The molecule has 3 aliphatic carbocycles. The zero-order valence-corrected chi connectivity index (χ0v) is 45.9. The van der Waals surface area contributed by atoms with Crippen LogP contribution in [0.15, 0.2) is 108 Å². The molecule has 0 bridgehead atoms. The SMILES string of the molecule is Cc1cc2c3c(c1)N(c1ccc4c(c1)C(C)(C)CCC4(C)C)c1c(oc4ccc(C(C)(C)C)cc14)B3c1cc3c(cc1N2c1cc2c(cc1-c1ccccc1)C(C)(C)CCC2(C)C)C(C)(C)CCC3(C)C. The van der Waals surface area contributed by atoms with Crippen LogP contribution in [0.1, 0.15) is 187 Å². The first-order valence-corrected chi connectivity index (χ1v) is 27.1. The minimum Gasteiger partial charge on any atom is -0.468 e. The highest BCUT2D eigenvalue weighted by atomic mass is 16.3. The summed E-state index contributed by atoms with van der Waals surface area (Å²) < 4.78 is 7.57. The van der Waals surface area contributed by atoms with Gasteiger partial charge in [-0.3, -0.25) is 0 Å². The van der Waals surface area contributed by atoms with E-state index in [2.05, 4.69) is 224 Å². The molecule has 6 aromatic carbocycles. The molecule has 2 aliphatic heterocycles. The Balaban J connectivity index is 1.24. The van der Waals surface area contributed by atoms with Gasteiger partial charge in [-0.2, -0.15) is 0 Å². The number of benzene rings is 6. The summed E-state index contributed by atoms with van der Waals surface area (Å²) in [6.45, 7) is 38.9. The van der Waals surface area contributed by atoms with Gasteiger partial charge >= 0.3 is 0 Å². The first-order chi connectivity index (χ1) is 33.2. The molecule has 364 valence electrons. The molecular formula is C67H77BN2O. The lowest BCUT2D eigenvalue weighted by Gasteiger charge is -2.48. The first-order valence-electron chi connectivity index (χ1n) is 27.1. The molecule has 0 saturated heterocycles. The highest BCUT2D eigenvalue weighted by molar-refractivity contribution is 7.00. The van der Waals surface area contributed by atoms with Crippen molar-refractivity contribution < 1.29 is 4.42 Å². The number of anilines is 6. The van der Waals surface area contributed by atoms with Gasteiger partial charge in [0.15, 0.2) is 0 Å². The minimum atomic E-state index is -0.129. The van der Waals surface area contributed by atoms with Gasteiger partial charge in [0.1, 0.15) is 5.58 Å². The van der Waals surface area contributed by atoms with Gasteiger partial charge in [-0.15, -0.1) is 0 Å². The molecule has 5 aliphatic rings. The Bertz CT molecular complexity index is 3390. The Morgan fingerprint density at radius 1 is 0.479 bits per heavy atom. The highest BCUT2D eigenvalue weighted by Crippen LogP contribution is 2.56. The van der Waals surface area contributed by atoms with Gasteiger partial charge in [-0.25, -0.2) is 0 Å². The third-order valence-corrected chi connectivity index (χ3v) is 19.0. The summed E-state index contributed by atoms with van der Waals surface area (Å²) >= 11 is 0. The lowest BCUT2D eigenvalue weighted by Crippen LogP contribution is -2.61. The van der Waals surface area contributed by atoms with Gasteiger partial charge in [-0.05, 0) is 199 Å². The number of nitrogens with zero attached hydrogens (tertiary/aromatic N) is 2. The van der Waals surface area contributed by atoms with Crippen molar-refractivity contribution in [2.45, 2.75) is 187 Å². The molecule has 0 radical (unpaired) electrons. The third kappa shape index (κ3) is 6.88. The fourth-order valence-corrected chi connectivity index (χ4v) is 14.0. The van der Waals surface area contributed by atoms with E-state index in [-0.39, 0.29) is 44.6 Å². The van der Waals surface area contributed by atoms with Crippen LogP contribution in [-0.2, 0) is 37.9 Å². The Labute approximate surface area is 426 Å². The number of rotatable bonds is 3. The van der Waals surface area contributed by atoms with Gasteiger partial charge in [0.25, 0.3) is 6.71 Å². The van der Waals surface area contributed by atoms with E-state index in [1.807, 2.05) is 0 Å². The second kappa shape index (κ2) is 14.8. The van der Waals surface area contributed by atoms with Crippen LogP contribution in [0.3, 0.4) is 0 Å². The molecule has 7 aromatic rings. The van der Waals surface area contributed by atoms with E-state index in [1.165, 1.54) is 119 Å². The van der Waals surface area contributed by atoms with E-state index in [0.29, 0.717) is 0 Å². The van der Waals surface area contributed by atoms with Crippen LogP contribution in [0.2, 0.25) is 0 Å². The van der Waals surface area contributed by atoms with E-state index in [1.54, 1.807) is 0 Å². The third-order valence-electron chi connectivity index (χ3n) is 19.0. The van der Waals surface area contributed by atoms with Crippen LogP contribution in [-0.4, -0.2) is 6.71 Å². The van der Waals surface area contributed by atoms with Crippen LogP contribution in [0, 0.1) is 6.92 Å².